The van der Waals surface area contributed by atoms with E-state index in [0.29, 0.717) is 6.04 Å². The van der Waals surface area contributed by atoms with Gasteiger partial charge in [-0.2, -0.15) is 0 Å². The zero-order valence-electron chi connectivity index (χ0n) is 16.9. The molecule has 1 fully saturated rings. The van der Waals surface area contributed by atoms with Crippen molar-refractivity contribution in [3.8, 4) is 11.3 Å². The molecule has 2 atom stereocenters. The Kier molecular flexibility index (Phi) is 4.84. The Morgan fingerprint density at radius 2 is 1.86 bits per heavy atom. The fourth-order valence-corrected chi connectivity index (χ4v) is 5.11. The Balaban J connectivity index is 1.34. The maximum atomic E-state index is 13.3. The first-order chi connectivity index (χ1) is 14.2. The van der Waals surface area contributed by atoms with Crippen molar-refractivity contribution in [2.45, 2.75) is 32.2 Å². The highest BCUT2D eigenvalue weighted by molar-refractivity contribution is 5.76. The van der Waals surface area contributed by atoms with Crippen molar-refractivity contribution in [1.82, 2.24) is 9.88 Å². The largest absolute Gasteiger partial charge is 0.360 e. The summed E-state index contributed by atoms with van der Waals surface area (Å²) in [5.74, 6) is 0.541. The normalized spacial score (nSPS) is 21.8. The van der Waals surface area contributed by atoms with Gasteiger partial charge in [-0.15, -0.1) is 0 Å². The van der Waals surface area contributed by atoms with Crippen LogP contribution in [0.2, 0.25) is 0 Å². The molecule has 29 heavy (non-hydrogen) atoms. The predicted molar refractivity (Wildman–Crippen MR) is 117 cm³/mol. The number of halogens is 1. The predicted octanol–water partition coefficient (Wildman–Crippen LogP) is 5.85. The lowest BCUT2D eigenvalue weighted by Gasteiger charge is -2.28. The van der Waals surface area contributed by atoms with Gasteiger partial charge in [-0.25, -0.2) is 4.39 Å². The van der Waals surface area contributed by atoms with Crippen LogP contribution in [-0.2, 0) is 6.42 Å². The second-order valence-electron chi connectivity index (χ2n) is 8.50. The first kappa shape index (κ1) is 18.4. The number of fused-ring (bicyclic) bond motifs is 1. The molecule has 5 rings (SSSR count). The molecule has 3 aromatic rings. The molecule has 0 amide bonds. The van der Waals surface area contributed by atoms with Crippen LogP contribution in [0.5, 0.6) is 0 Å². The first-order valence-electron chi connectivity index (χ1n) is 10.6. The second kappa shape index (κ2) is 7.64. The summed E-state index contributed by atoms with van der Waals surface area (Å²) in [7, 11) is 0. The van der Waals surface area contributed by atoms with Crippen LogP contribution in [0.1, 0.15) is 29.5 Å². The fraction of sp³-hybridized carbons (Fsp3) is 0.308. The number of H-pyrrole nitrogens is 1. The monoisotopic (exact) mass is 386 g/mol. The second-order valence-corrected chi connectivity index (χ2v) is 8.50. The molecule has 3 heteroatoms. The van der Waals surface area contributed by atoms with Crippen LogP contribution in [0.25, 0.3) is 16.8 Å². The summed E-state index contributed by atoms with van der Waals surface area (Å²) in [5.41, 5.74) is 7.61. The highest BCUT2D eigenvalue weighted by Gasteiger charge is 2.33. The van der Waals surface area contributed by atoms with Crippen molar-refractivity contribution in [2.75, 3.05) is 13.1 Å². The Labute approximate surface area is 172 Å². The minimum Gasteiger partial charge on any atom is -0.360 e. The third-order valence-corrected chi connectivity index (χ3v) is 6.58. The average Bonchev–Trinajstić information content (AvgIpc) is 3.31. The molecular weight excluding hydrogens is 359 g/mol. The third-order valence-electron chi connectivity index (χ3n) is 6.58. The van der Waals surface area contributed by atoms with Crippen LogP contribution in [0.15, 0.2) is 66.9 Å². The molecular formula is C26H27FN2. The van der Waals surface area contributed by atoms with Crippen molar-refractivity contribution >= 4 is 5.57 Å². The van der Waals surface area contributed by atoms with Crippen LogP contribution < -0.4 is 0 Å². The van der Waals surface area contributed by atoms with Gasteiger partial charge in [0.15, 0.2) is 0 Å². The number of hydrogen-bond acceptors (Lipinski definition) is 1. The maximum absolute atomic E-state index is 13.3. The number of rotatable bonds is 4. The van der Waals surface area contributed by atoms with E-state index >= 15 is 0 Å². The summed E-state index contributed by atoms with van der Waals surface area (Å²) in [6, 6.07) is 18.2. The van der Waals surface area contributed by atoms with Gasteiger partial charge >= 0.3 is 0 Å². The van der Waals surface area contributed by atoms with Crippen molar-refractivity contribution in [3.63, 3.8) is 0 Å². The first-order valence-corrected chi connectivity index (χ1v) is 10.6. The van der Waals surface area contributed by atoms with E-state index in [1.165, 1.54) is 53.8 Å². The summed E-state index contributed by atoms with van der Waals surface area (Å²) in [6.45, 7) is 4.51. The molecule has 2 aliphatic rings. The zero-order chi connectivity index (χ0) is 19.8. The van der Waals surface area contributed by atoms with Gasteiger partial charge in [-0.3, -0.25) is 4.90 Å². The lowest BCUT2D eigenvalue weighted by Crippen LogP contribution is -2.32. The Morgan fingerprint density at radius 1 is 1.07 bits per heavy atom. The van der Waals surface area contributed by atoms with E-state index in [1.54, 1.807) is 0 Å². The number of nitrogens with zero attached hydrogens (tertiary/aromatic N) is 1. The molecule has 3 heterocycles. The zero-order valence-corrected chi connectivity index (χ0v) is 16.9. The molecule has 1 N–H and O–H groups in total. The Hall–Kier alpha value is -2.65. The summed E-state index contributed by atoms with van der Waals surface area (Å²) < 4.78 is 13.3. The molecule has 0 bridgehead atoms. The van der Waals surface area contributed by atoms with Crippen LogP contribution in [0, 0.1) is 18.7 Å². The summed E-state index contributed by atoms with van der Waals surface area (Å²) >= 11 is 0. The molecule has 148 valence electrons. The van der Waals surface area contributed by atoms with E-state index in [4.69, 9.17) is 0 Å². The van der Waals surface area contributed by atoms with Crippen molar-refractivity contribution in [1.29, 1.82) is 0 Å². The summed E-state index contributed by atoms with van der Waals surface area (Å²) in [5, 5.41) is 0. The minimum absolute atomic E-state index is 0.195. The lowest BCUT2D eigenvalue weighted by molar-refractivity contribution is 0.281. The van der Waals surface area contributed by atoms with Gasteiger partial charge in [0.25, 0.3) is 0 Å². The number of benzene rings is 2. The van der Waals surface area contributed by atoms with Crippen molar-refractivity contribution in [2.24, 2.45) is 5.92 Å². The van der Waals surface area contributed by atoms with Crippen molar-refractivity contribution in [3.05, 3.63) is 89.4 Å². The quantitative estimate of drug-likeness (QED) is 0.596. The highest BCUT2D eigenvalue weighted by atomic mass is 19.1. The summed E-state index contributed by atoms with van der Waals surface area (Å²) in [6.07, 6.45) is 8.14. The molecule has 1 aromatic heterocycles. The van der Waals surface area contributed by atoms with Crippen molar-refractivity contribution < 1.29 is 4.39 Å². The SMILES string of the molecule is Cc1c(C2=C[C@@H]3C[C@H](Cc4ccccc4)CN3CC2)c[nH]c1-c1ccc(F)cc1. The smallest absolute Gasteiger partial charge is 0.123 e. The van der Waals surface area contributed by atoms with E-state index in [1.807, 2.05) is 12.1 Å². The fourth-order valence-electron chi connectivity index (χ4n) is 5.11. The van der Waals surface area contributed by atoms with Crippen LogP contribution in [0.4, 0.5) is 4.39 Å². The topological polar surface area (TPSA) is 19.0 Å². The number of aromatic amines is 1. The number of nitrogens with one attached hydrogen (secondary N) is 1. The summed E-state index contributed by atoms with van der Waals surface area (Å²) in [4.78, 5) is 6.08. The number of hydrogen-bond donors (Lipinski definition) is 1. The molecule has 0 unspecified atom stereocenters. The van der Waals surface area contributed by atoms with E-state index in [-0.39, 0.29) is 5.82 Å². The number of aromatic nitrogens is 1. The van der Waals surface area contributed by atoms with Gasteiger partial charge in [0.2, 0.25) is 0 Å². The van der Waals surface area contributed by atoms with Gasteiger partial charge in [-0.05, 0) is 84.2 Å². The van der Waals surface area contributed by atoms with E-state index in [9.17, 15) is 4.39 Å². The standard InChI is InChI=1S/C26H27FN2/c1-18-25(16-28-26(18)21-7-9-23(27)10-8-21)22-11-12-29-17-20(14-24(29)15-22)13-19-5-3-2-4-6-19/h2-10,15-16,20,24,28H,11-14,17H2,1H3/t20-,24-/m0/s1. The van der Waals surface area contributed by atoms with Gasteiger partial charge < -0.3 is 4.98 Å². The molecule has 2 nitrogen and oxygen atoms in total. The maximum Gasteiger partial charge on any atom is 0.123 e. The molecule has 2 aliphatic heterocycles. The molecule has 2 aromatic carbocycles. The van der Waals surface area contributed by atoms with Crippen LogP contribution in [-0.4, -0.2) is 29.0 Å². The molecule has 0 saturated carbocycles. The Morgan fingerprint density at radius 3 is 2.66 bits per heavy atom. The lowest BCUT2D eigenvalue weighted by atomic mass is 9.92. The van der Waals surface area contributed by atoms with E-state index < -0.39 is 0 Å². The molecule has 1 saturated heterocycles. The van der Waals surface area contributed by atoms with Gasteiger partial charge in [0, 0.05) is 31.0 Å². The molecule has 0 spiro atoms. The van der Waals surface area contributed by atoms with E-state index in [2.05, 4.69) is 59.4 Å². The van der Waals surface area contributed by atoms with E-state index in [0.717, 1.165) is 30.1 Å². The molecule has 0 aliphatic carbocycles. The van der Waals surface area contributed by atoms with Gasteiger partial charge in [-0.1, -0.05) is 36.4 Å². The highest BCUT2D eigenvalue weighted by Crippen LogP contribution is 2.37. The van der Waals surface area contributed by atoms with Gasteiger partial charge in [0.05, 0.1) is 0 Å². The minimum atomic E-state index is -0.195. The van der Waals surface area contributed by atoms with Crippen LogP contribution in [0.3, 0.4) is 0 Å². The van der Waals surface area contributed by atoms with Gasteiger partial charge in [0.1, 0.15) is 5.82 Å². The molecule has 0 radical (unpaired) electrons. The average molecular weight is 387 g/mol. The third kappa shape index (κ3) is 3.67. The van der Waals surface area contributed by atoms with Crippen LogP contribution >= 0.6 is 0 Å². The Bertz CT molecular complexity index is 1020.